The van der Waals surface area contributed by atoms with Crippen LogP contribution >= 0.6 is 12.4 Å². The fourth-order valence-electron chi connectivity index (χ4n) is 3.33. The summed E-state index contributed by atoms with van der Waals surface area (Å²) in [5.74, 6) is -0.0692. The Kier molecular flexibility index (Phi) is 7.14. The molecule has 2 aromatic rings. The van der Waals surface area contributed by atoms with Crippen LogP contribution in [0.1, 0.15) is 24.0 Å². The molecule has 3 atom stereocenters. The third-order valence-electron chi connectivity index (χ3n) is 4.93. The molecule has 1 amide bonds. The van der Waals surface area contributed by atoms with Crippen LogP contribution in [0.4, 0.5) is 4.39 Å². The van der Waals surface area contributed by atoms with Crippen LogP contribution < -0.4 is 11.1 Å². The second kappa shape index (κ2) is 9.12. The molecule has 1 aliphatic rings. The number of nitrogens with two attached hydrogens (primary N) is 1. The molecular formula is C20H25ClFN3O. The normalized spacial score (nSPS) is 21.0. The van der Waals surface area contributed by atoms with Crippen LogP contribution in [0.3, 0.4) is 0 Å². The highest BCUT2D eigenvalue weighted by Gasteiger charge is 2.35. The summed E-state index contributed by atoms with van der Waals surface area (Å²) in [7, 11) is 0. The molecule has 3 rings (SSSR count). The standard InChI is InChI=1S/C20H24FN3O.ClH/c1-14(20(25)23-11-15-7-9-17(21)10-8-15)24-12-18(19(22)13-24)16-5-3-2-4-6-16;/h2-10,14,18-19H,11-13,22H2,1H3,(H,23,25);1H/t14?,18-,19+;/m0./s1. The van der Waals surface area contributed by atoms with E-state index in [1.54, 1.807) is 12.1 Å². The number of rotatable bonds is 5. The smallest absolute Gasteiger partial charge is 0.237 e. The van der Waals surface area contributed by atoms with Crippen molar-refractivity contribution in [3.63, 3.8) is 0 Å². The van der Waals surface area contributed by atoms with Crippen molar-refractivity contribution in [1.82, 2.24) is 10.2 Å². The quantitative estimate of drug-likeness (QED) is 0.842. The number of hydrogen-bond acceptors (Lipinski definition) is 3. The SMILES string of the molecule is CC(C(=O)NCc1ccc(F)cc1)N1C[C@@H](N)[C@H](c2ccccc2)C1.Cl. The number of benzene rings is 2. The number of hydrogen-bond donors (Lipinski definition) is 2. The lowest BCUT2D eigenvalue weighted by atomic mass is 9.95. The highest BCUT2D eigenvalue weighted by molar-refractivity contribution is 5.85. The van der Waals surface area contributed by atoms with Crippen LogP contribution in [0.15, 0.2) is 54.6 Å². The first-order chi connectivity index (χ1) is 12.0. The van der Waals surface area contributed by atoms with E-state index >= 15 is 0 Å². The van der Waals surface area contributed by atoms with Gasteiger partial charge in [-0.25, -0.2) is 4.39 Å². The summed E-state index contributed by atoms with van der Waals surface area (Å²) in [4.78, 5) is 14.6. The Morgan fingerprint density at radius 1 is 1.19 bits per heavy atom. The molecule has 0 saturated carbocycles. The molecule has 4 nitrogen and oxygen atoms in total. The topological polar surface area (TPSA) is 58.4 Å². The predicted octanol–water partition coefficient (Wildman–Crippen LogP) is 2.68. The third-order valence-corrected chi connectivity index (χ3v) is 4.93. The van der Waals surface area contributed by atoms with Crippen molar-refractivity contribution in [2.45, 2.75) is 31.5 Å². The Bertz CT molecular complexity index is 711. The second-order valence-corrected chi connectivity index (χ2v) is 6.66. The van der Waals surface area contributed by atoms with E-state index in [9.17, 15) is 9.18 Å². The van der Waals surface area contributed by atoms with Gasteiger partial charge in [0.15, 0.2) is 0 Å². The van der Waals surface area contributed by atoms with Crippen LogP contribution in [-0.4, -0.2) is 36.0 Å². The van der Waals surface area contributed by atoms with Gasteiger partial charge in [-0.3, -0.25) is 9.69 Å². The van der Waals surface area contributed by atoms with Gasteiger partial charge in [-0.2, -0.15) is 0 Å². The van der Waals surface area contributed by atoms with Crippen LogP contribution in [0.25, 0.3) is 0 Å². The van der Waals surface area contributed by atoms with Crippen molar-refractivity contribution >= 4 is 18.3 Å². The Morgan fingerprint density at radius 3 is 2.50 bits per heavy atom. The molecule has 0 aromatic heterocycles. The maximum absolute atomic E-state index is 12.9. The Morgan fingerprint density at radius 2 is 1.85 bits per heavy atom. The monoisotopic (exact) mass is 377 g/mol. The van der Waals surface area contributed by atoms with Gasteiger partial charge >= 0.3 is 0 Å². The molecule has 26 heavy (non-hydrogen) atoms. The van der Waals surface area contributed by atoms with E-state index in [0.717, 1.165) is 12.1 Å². The molecule has 1 aliphatic heterocycles. The van der Waals surface area contributed by atoms with Gasteiger partial charge in [0, 0.05) is 31.6 Å². The minimum Gasteiger partial charge on any atom is -0.351 e. The molecule has 6 heteroatoms. The summed E-state index contributed by atoms with van der Waals surface area (Å²) in [6.45, 7) is 3.77. The summed E-state index contributed by atoms with van der Waals surface area (Å²) in [5, 5.41) is 2.92. The molecule has 1 fully saturated rings. The van der Waals surface area contributed by atoms with Crippen LogP contribution in [0, 0.1) is 5.82 Å². The lowest BCUT2D eigenvalue weighted by Crippen LogP contribution is -2.44. The maximum Gasteiger partial charge on any atom is 0.237 e. The molecule has 0 bridgehead atoms. The number of likely N-dealkylation sites (tertiary alicyclic amines) is 1. The number of carbonyl (C=O) groups is 1. The first-order valence-electron chi connectivity index (χ1n) is 8.61. The van der Waals surface area contributed by atoms with Gasteiger partial charge in [-0.1, -0.05) is 42.5 Å². The summed E-state index contributed by atoms with van der Waals surface area (Å²) < 4.78 is 12.9. The van der Waals surface area contributed by atoms with Crippen LogP contribution in [0.2, 0.25) is 0 Å². The highest BCUT2D eigenvalue weighted by Crippen LogP contribution is 2.27. The van der Waals surface area contributed by atoms with Gasteiger partial charge in [-0.15, -0.1) is 12.4 Å². The number of carbonyl (C=O) groups excluding carboxylic acids is 1. The molecule has 1 unspecified atom stereocenters. The Balaban J connectivity index is 0.00000243. The van der Waals surface area contributed by atoms with Gasteiger partial charge in [0.1, 0.15) is 5.82 Å². The zero-order chi connectivity index (χ0) is 17.8. The third kappa shape index (κ3) is 4.81. The van der Waals surface area contributed by atoms with Gasteiger partial charge < -0.3 is 11.1 Å². The highest BCUT2D eigenvalue weighted by atomic mass is 35.5. The fourth-order valence-corrected chi connectivity index (χ4v) is 3.33. The van der Waals surface area contributed by atoms with Crippen LogP contribution in [0.5, 0.6) is 0 Å². The largest absolute Gasteiger partial charge is 0.351 e. The van der Waals surface area contributed by atoms with Gasteiger partial charge in [0.2, 0.25) is 5.91 Å². The van der Waals surface area contributed by atoms with Crippen molar-refractivity contribution in [2.75, 3.05) is 13.1 Å². The van der Waals surface area contributed by atoms with E-state index in [4.69, 9.17) is 5.73 Å². The first kappa shape index (κ1) is 20.4. The van der Waals surface area contributed by atoms with Crippen molar-refractivity contribution in [2.24, 2.45) is 5.73 Å². The fraction of sp³-hybridized carbons (Fsp3) is 0.350. The number of amides is 1. The lowest BCUT2D eigenvalue weighted by molar-refractivity contribution is -0.125. The molecular weight excluding hydrogens is 353 g/mol. The molecule has 1 heterocycles. The van der Waals surface area contributed by atoms with Gasteiger partial charge in [0.05, 0.1) is 6.04 Å². The average molecular weight is 378 g/mol. The zero-order valence-corrected chi connectivity index (χ0v) is 15.6. The minimum atomic E-state index is -0.276. The number of halogens is 2. The van der Waals surface area contributed by atoms with Gasteiger partial charge in [0.25, 0.3) is 0 Å². The molecule has 3 N–H and O–H groups in total. The van der Waals surface area contributed by atoms with Gasteiger partial charge in [-0.05, 0) is 30.2 Å². The number of nitrogens with one attached hydrogen (secondary N) is 1. The molecule has 0 radical (unpaired) electrons. The predicted molar refractivity (Wildman–Crippen MR) is 104 cm³/mol. The molecule has 140 valence electrons. The zero-order valence-electron chi connectivity index (χ0n) is 14.8. The van der Waals surface area contributed by atoms with E-state index in [1.165, 1.54) is 17.7 Å². The minimum absolute atomic E-state index is 0. The Labute approximate surface area is 160 Å². The first-order valence-corrected chi connectivity index (χ1v) is 8.61. The Hall–Kier alpha value is -1.95. The summed E-state index contributed by atoms with van der Waals surface area (Å²) >= 11 is 0. The lowest BCUT2D eigenvalue weighted by Gasteiger charge is -2.23. The van der Waals surface area contributed by atoms with E-state index in [-0.39, 0.29) is 42.1 Å². The molecule has 0 spiro atoms. The summed E-state index contributed by atoms with van der Waals surface area (Å²) in [6.07, 6.45) is 0. The van der Waals surface area contributed by atoms with E-state index in [0.29, 0.717) is 13.1 Å². The van der Waals surface area contributed by atoms with E-state index in [2.05, 4.69) is 22.3 Å². The molecule has 2 aromatic carbocycles. The van der Waals surface area contributed by atoms with Crippen molar-refractivity contribution in [3.05, 3.63) is 71.5 Å². The second-order valence-electron chi connectivity index (χ2n) is 6.66. The summed E-state index contributed by atoms with van der Waals surface area (Å²) in [6, 6.07) is 16.1. The van der Waals surface area contributed by atoms with E-state index in [1.807, 2.05) is 25.1 Å². The summed E-state index contributed by atoms with van der Waals surface area (Å²) in [5.41, 5.74) is 8.41. The molecule has 1 saturated heterocycles. The van der Waals surface area contributed by atoms with Crippen molar-refractivity contribution < 1.29 is 9.18 Å². The number of nitrogens with zero attached hydrogens (tertiary/aromatic N) is 1. The average Bonchev–Trinajstić information content (AvgIpc) is 3.03. The van der Waals surface area contributed by atoms with Crippen molar-refractivity contribution in [3.8, 4) is 0 Å². The van der Waals surface area contributed by atoms with Crippen LogP contribution in [-0.2, 0) is 11.3 Å². The maximum atomic E-state index is 12.9. The van der Waals surface area contributed by atoms with Crippen molar-refractivity contribution in [1.29, 1.82) is 0 Å². The molecule has 0 aliphatic carbocycles. The van der Waals surface area contributed by atoms with E-state index < -0.39 is 0 Å².